The van der Waals surface area contributed by atoms with E-state index in [2.05, 4.69) is 17.1 Å². The van der Waals surface area contributed by atoms with Crippen LogP contribution in [0.2, 0.25) is 0 Å². The van der Waals surface area contributed by atoms with Gasteiger partial charge in [-0.2, -0.15) is 0 Å². The Balaban J connectivity index is 2.08. The highest BCUT2D eigenvalue weighted by Gasteiger charge is 2.23. The molecule has 4 nitrogen and oxygen atoms in total. The smallest absolute Gasteiger partial charge is 0.180 e. The fourth-order valence-corrected chi connectivity index (χ4v) is 2.85. The summed E-state index contributed by atoms with van der Waals surface area (Å²) in [5.74, 6) is -0.873. The number of carbonyl (C=O) groups is 1. The van der Waals surface area contributed by atoms with Crippen molar-refractivity contribution in [2.24, 2.45) is 0 Å². The zero-order valence-corrected chi connectivity index (χ0v) is 12.4. The first-order chi connectivity index (χ1) is 10.1. The molecule has 2 N–H and O–H groups in total. The molecule has 0 bridgehead atoms. The molecular weight excluding hydrogens is 271 g/mol. The summed E-state index contributed by atoms with van der Waals surface area (Å²) in [6.07, 6.45) is 3.00. The molecule has 0 radical (unpaired) electrons. The molecule has 0 atom stereocenters. The minimum atomic E-state index is -0.500. The number of nitrogens with one attached hydrogen (secondary N) is 1. The van der Waals surface area contributed by atoms with Crippen LogP contribution in [0.5, 0.6) is 5.75 Å². The standard InChI is InChI=1S/C16H23FN2O2/c1-2-9-19(13-5-7-18-8-6-13)11-16(21)14-10-12(17)3-4-15(14)20/h3-4,10,13,18,20H,2,5-9,11H2,1H3. The molecule has 1 aliphatic heterocycles. The number of benzene rings is 1. The zero-order chi connectivity index (χ0) is 15.2. The number of piperidine rings is 1. The van der Waals surface area contributed by atoms with E-state index >= 15 is 0 Å². The van der Waals surface area contributed by atoms with Gasteiger partial charge in [0.25, 0.3) is 0 Å². The Bertz CT molecular complexity index is 487. The van der Waals surface area contributed by atoms with E-state index in [4.69, 9.17) is 0 Å². The Labute approximate surface area is 125 Å². The molecule has 1 aliphatic rings. The van der Waals surface area contributed by atoms with Crippen molar-refractivity contribution in [2.75, 3.05) is 26.2 Å². The van der Waals surface area contributed by atoms with Crippen LogP contribution in [-0.2, 0) is 0 Å². The van der Waals surface area contributed by atoms with Crippen LogP contribution in [0.4, 0.5) is 4.39 Å². The Hall–Kier alpha value is -1.46. The van der Waals surface area contributed by atoms with Crippen LogP contribution < -0.4 is 5.32 Å². The monoisotopic (exact) mass is 294 g/mol. The summed E-state index contributed by atoms with van der Waals surface area (Å²) >= 11 is 0. The second kappa shape index (κ2) is 7.52. The van der Waals surface area contributed by atoms with Crippen LogP contribution in [0.1, 0.15) is 36.5 Å². The average Bonchev–Trinajstić information content (AvgIpc) is 2.50. The molecule has 2 rings (SSSR count). The lowest BCUT2D eigenvalue weighted by molar-refractivity contribution is 0.0862. The maximum atomic E-state index is 13.3. The third-order valence-electron chi connectivity index (χ3n) is 3.94. The molecule has 0 spiro atoms. The topological polar surface area (TPSA) is 52.6 Å². The van der Waals surface area contributed by atoms with E-state index < -0.39 is 5.82 Å². The molecule has 21 heavy (non-hydrogen) atoms. The van der Waals surface area contributed by atoms with E-state index in [1.165, 1.54) is 6.07 Å². The summed E-state index contributed by atoms with van der Waals surface area (Å²) in [4.78, 5) is 14.5. The number of hydrogen-bond acceptors (Lipinski definition) is 4. The lowest BCUT2D eigenvalue weighted by Gasteiger charge is -2.34. The molecule has 0 amide bonds. The highest BCUT2D eigenvalue weighted by molar-refractivity contribution is 6.00. The molecule has 1 saturated heterocycles. The number of phenolic OH excluding ortho intramolecular Hbond substituents is 1. The number of ketones is 1. The van der Waals surface area contributed by atoms with Gasteiger partial charge in [0.05, 0.1) is 12.1 Å². The summed E-state index contributed by atoms with van der Waals surface area (Å²) in [5, 5.41) is 13.1. The SMILES string of the molecule is CCCN(CC(=O)c1cc(F)ccc1O)C1CCNCC1. The Morgan fingerprint density at radius 3 is 2.81 bits per heavy atom. The first-order valence-corrected chi connectivity index (χ1v) is 7.58. The van der Waals surface area contributed by atoms with Gasteiger partial charge >= 0.3 is 0 Å². The number of aromatic hydroxyl groups is 1. The van der Waals surface area contributed by atoms with E-state index in [0.717, 1.165) is 51.0 Å². The summed E-state index contributed by atoms with van der Waals surface area (Å²) in [6.45, 7) is 5.08. The molecule has 1 aromatic carbocycles. The fourth-order valence-electron chi connectivity index (χ4n) is 2.85. The Kier molecular flexibility index (Phi) is 5.70. The Morgan fingerprint density at radius 2 is 2.14 bits per heavy atom. The molecule has 1 aromatic rings. The second-order valence-electron chi connectivity index (χ2n) is 5.54. The van der Waals surface area contributed by atoms with Gasteiger partial charge in [0.15, 0.2) is 5.78 Å². The first-order valence-electron chi connectivity index (χ1n) is 7.58. The van der Waals surface area contributed by atoms with Crippen molar-refractivity contribution in [3.05, 3.63) is 29.6 Å². The molecule has 116 valence electrons. The molecule has 1 fully saturated rings. The van der Waals surface area contributed by atoms with Crippen LogP contribution in [0.15, 0.2) is 18.2 Å². The van der Waals surface area contributed by atoms with Crippen molar-refractivity contribution < 1.29 is 14.3 Å². The van der Waals surface area contributed by atoms with Crippen molar-refractivity contribution in [3.63, 3.8) is 0 Å². The van der Waals surface area contributed by atoms with Crippen molar-refractivity contribution in [3.8, 4) is 5.75 Å². The summed E-state index contributed by atoms with van der Waals surface area (Å²) in [5.41, 5.74) is 0.0741. The second-order valence-corrected chi connectivity index (χ2v) is 5.54. The maximum Gasteiger partial charge on any atom is 0.180 e. The Morgan fingerprint density at radius 1 is 1.43 bits per heavy atom. The van der Waals surface area contributed by atoms with Crippen molar-refractivity contribution in [2.45, 2.75) is 32.2 Å². The molecule has 0 aromatic heterocycles. The van der Waals surface area contributed by atoms with E-state index in [9.17, 15) is 14.3 Å². The summed E-state index contributed by atoms with van der Waals surface area (Å²) in [6, 6.07) is 3.88. The predicted molar refractivity (Wildman–Crippen MR) is 80.2 cm³/mol. The number of rotatable bonds is 6. The quantitative estimate of drug-likeness (QED) is 0.790. The molecule has 0 unspecified atom stereocenters. The van der Waals surface area contributed by atoms with Gasteiger partial charge in [-0.25, -0.2) is 4.39 Å². The minimum absolute atomic E-state index is 0.0741. The van der Waals surface area contributed by atoms with E-state index in [1.807, 2.05) is 0 Å². The van der Waals surface area contributed by atoms with Crippen molar-refractivity contribution >= 4 is 5.78 Å². The van der Waals surface area contributed by atoms with E-state index in [0.29, 0.717) is 6.04 Å². The largest absolute Gasteiger partial charge is 0.507 e. The van der Waals surface area contributed by atoms with Gasteiger partial charge in [0.2, 0.25) is 0 Å². The molecule has 1 heterocycles. The third kappa shape index (κ3) is 4.25. The van der Waals surface area contributed by atoms with Gasteiger partial charge in [-0.05, 0) is 57.1 Å². The van der Waals surface area contributed by atoms with Crippen LogP contribution in [0.3, 0.4) is 0 Å². The fraction of sp³-hybridized carbons (Fsp3) is 0.562. The van der Waals surface area contributed by atoms with Crippen molar-refractivity contribution in [1.29, 1.82) is 0 Å². The van der Waals surface area contributed by atoms with Gasteiger partial charge in [-0.15, -0.1) is 0 Å². The normalized spacial score (nSPS) is 16.3. The van der Waals surface area contributed by atoms with Crippen LogP contribution in [0.25, 0.3) is 0 Å². The number of halogens is 1. The van der Waals surface area contributed by atoms with Gasteiger partial charge in [-0.3, -0.25) is 9.69 Å². The number of carbonyl (C=O) groups excluding carboxylic acids is 1. The average molecular weight is 294 g/mol. The molecule has 5 heteroatoms. The number of nitrogens with zero attached hydrogens (tertiary/aromatic N) is 1. The van der Waals surface area contributed by atoms with Crippen LogP contribution >= 0.6 is 0 Å². The minimum Gasteiger partial charge on any atom is -0.507 e. The predicted octanol–water partition coefficient (Wildman–Crippen LogP) is 2.18. The van der Waals surface area contributed by atoms with Crippen LogP contribution in [0, 0.1) is 5.82 Å². The molecular formula is C16H23FN2O2. The van der Waals surface area contributed by atoms with Gasteiger partial charge < -0.3 is 10.4 Å². The number of phenols is 1. The number of hydrogen-bond donors (Lipinski definition) is 2. The van der Waals surface area contributed by atoms with Gasteiger partial charge in [0, 0.05) is 6.04 Å². The lowest BCUT2D eigenvalue weighted by Crippen LogP contribution is -2.45. The number of Topliss-reactive ketones (excluding diaryl/α,β-unsaturated/α-hetero) is 1. The van der Waals surface area contributed by atoms with Gasteiger partial charge in [0.1, 0.15) is 11.6 Å². The van der Waals surface area contributed by atoms with Crippen molar-refractivity contribution in [1.82, 2.24) is 10.2 Å². The third-order valence-corrected chi connectivity index (χ3v) is 3.94. The molecule has 0 aliphatic carbocycles. The lowest BCUT2D eigenvalue weighted by atomic mass is 10.0. The summed E-state index contributed by atoms with van der Waals surface area (Å²) in [7, 11) is 0. The highest BCUT2D eigenvalue weighted by atomic mass is 19.1. The highest BCUT2D eigenvalue weighted by Crippen LogP contribution is 2.20. The van der Waals surface area contributed by atoms with E-state index in [1.54, 1.807) is 0 Å². The van der Waals surface area contributed by atoms with Gasteiger partial charge in [-0.1, -0.05) is 6.92 Å². The summed E-state index contributed by atoms with van der Waals surface area (Å²) < 4.78 is 13.3. The van der Waals surface area contributed by atoms with Crippen LogP contribution in [-0.4, -0.2) is 48.0 Å². The maximum absolute atomic E-state index is 13.3. The molecule has 0 saturated carbocycles. The zero-order valence-electron chi connectivity index (χ0n) is 12.4. The van der Waals surface area contributed by atoms with E-state index in [-0.39, 0.29) is 23.6 Å². The first kappa shape index (κ1) is 15.9.